The van der Waals surface area contributed by atoms with Crippen LogP contribution in [0.5, 0.6) is 0 Å². The number of hydrogen-bond donors (Lipinski definition) is 2. The maximum absolute atomic E-state index is 11.4. The van der Waals surface area contributed by atoms with E-state index in [-0.39, 0.29) is 21.9 Å². The predicted molar refractivity (Wildman–Crippen MR) is 71.7 cm³/mol. The van der Waals surface area contributed by atoms with Gasteiger partial charge in [0.25, 0.3) is 0 Å². The number of nitrogens with one attached hydrogen (secondary N) is 1. The van der Waals surface area contributed by atoms with Gasteiger partial charge in [0.05, 0.1) is 0 Å². The van der Waals surface area contributed by atoms with Crippen LogP contribution in [-0.2, 0) is 0 Å². The van der Waals surface area contributed by atoms with Gasteiger partial charge >= 0.3 is 5.97 Å². The van der Waals surface area contributed by atoms with Gasteiger partial charge in [-0.2, -0.15) is 0 Å². The number of hydrogen-bond acceptors (Lipinski definition) is 5. The Labute approximate surface area is 110 Å². The molecule has 18 heavy (non-hydrogen) atoms. The second-order valence-electron chi connectivity index (χ2n) is 4.45. The smallest absolute Gasteiger partial charge is 0.356 e. The van der Waals surface area contributed by atoms with E-state index in [1.807, 2.05) is 20.8 Å². The van der Waals surface area contributed by atoms with Gasteiger partial charge in [-0.25, -0.2) is 9.78 Å². The lowest BCUT2D eigenvalue weighted by atomic mass is 9.96. The summed E-state index contributed by atoms with van der Waals surface area (Å²) in [5.41, 5.74) is -0.300. The van der Waals surface area contributed by atoms with Gasteiger partial charge in [-0.15, -0.1) is 0 Å². The molecule has 0 aliphatic heterocycles. The highest BCUT2D eigenvalue weighted by Crippen LogP contribution is 2.28. The van der Waals surface area contributed by atoms with Crippen LogP contribution in [0.25, 0.3) is 0 Å². The molecular formula is C12H18N2O3S. The molecule has 0 saturated heterocycles. The van der Waals surface area contributed by atoms with Gasteiger partial charge < -0.3 is 10.4 Å². The first-order chi connectivity index (χ1) is 8.33. The summed E-state index contributed by atoms with van der Waals surface area (Å²) < 4.78 is 0. The van der Waals surface area contributed by atoms with Crippen molar-refractivity contribution in [2.75, 3.05) is 5.32 Å². The number of nitrogens with zero attached hydrogens (tertiary/aromatic N) is 1. The summed E-state index contributed by atoms with van der Waals surface area (Å²) in [5.74, 6) is -1.44. The molecule has 0 saturated carbocycles. The van der Waals surface area contributed by atoms with E-state index in [0.717, 1.165) is 24.2 Å². The van der Waals surface area contributed by atoms with Crippen LogP contribution in [0.1, 0.15) is 60.7 Å². The third-order valence-corrected chi connectivity index (χ3v) is 4.19. The fourth-order valence-electron chi connectivity index (χ4n) is 1.44. The normalized spacial score (nSPS) is 11.3. The van der Waals surface area contributed by atoms with Gasteiger partial charge in [-0.1, -0.05) is 25.2 Å². The molecule has 0 bridgehead atoms. The van der Waals surface area contributed by atoms with E-state index in [0.29, 0.717) is 5.13 Å². The second kappa shape index (κ2) is 5.48. The Balaban J connectivity index is 3.09. The number of carbonyl (C=O) groups is 2. The van der Waals surface area contributed by atoms with E-state index in [4.69, 9.17) is 5.11 Å². The number of carbonyl (C=O) groups excluding carboxylic acids is 1. The van der Waals surface area contributed by atoms with Crippen LogP contribution in [-0.4, -0.2) is 27.4 Å². The molecule has 0 unspecified atom stereocenters. The molecule has 0 atom stereocenters. The van der Waals surface area contributed by atoms with E-state index in [2.05, 4.69) is 10.3 Å². The van der Waals surface area contributed by atoms with Crippen molar-refractivity contribution >= 4 is 28.2 Å². The van der Waals surface area contributed by atoms with Crippen LogP contribution in [0.4, 0.5) is 5.13 Å². The predicted octanol–water partition coefficient (Wildman–Crippen LogP) is 3.03. The number of aromatic nitrogens is 1. The van der Waals surface area contributed by atoms with Crippen LogP contribution < -0.4 is 5.32 Å². The Hall–Kier alpha value is -1.43. The number of Topliss-reactive ketones (excluding diaryl/α,β-unsaturated/α-hetero) is 1. The minimum atomic E-state index is -1.17. The number of aromatic carboxylic acids is 1. The van der Waals surface area contributed by atoms with Crippen molar-refractivity contribution in [2.45, 2.75) is 46.1 Å². The van der Waals surface area contributed by atoms with Crippen LogP contribution >= 0.6 is 11.3 Å². The number of carboxylic acid groups (broad SMARTS) is 1. The van der Waals surface area contributed by atoms with Crippen molar-refractivity contribution < 1.29 is 14.7 Å². The molecule has 1 aromatic rings. The lowest BCUT2D eigenvalue weighted by Crippen LogP contribution is -2.32. The van der Waals surface area contributed by atoms with Gasteiger partial charge in [0.1, 0.15) is 4.88 Å². The van der Waals surface area contributed by atoms with Gasteiger partial charge in [0.15, 0.2) is 16.6 Å². The third kappa shape index (κ3) is 3.07. The lowest BCUT2D eigenvalue weighted by Gasteiger charge is -2.27. The van der Waals surface area contributed by atoms with Crippen molar-refractivity contribution in [3.8, 4) is 0 Å². The number of thiazole rings is 1. The quantitative estimate of drug-likeness (QED) is 0.777. The summed E-state index contributed by atoms with van der Waals surface area (Å²) >= 11 is 1.10. The standard InChI is InChI=1S/C12H18N2O3S/c1-5-12(4,6-2)14-11-13-8(10(16)17)9(18-11)7(3)15/h5-6H2,1-4H3,(H,13,14)(H,16,17). The molecule has 1 rings (SSSR count). The Bertz CT molecular complexity index is 432. The van der Waals surface area contributed by atoms with Crippen LogP contribution in [0.3, 0.4) is 0 Å². The fourth-order valence-corrected chi connectivity index (χ4v) is 2.44. The molecule has 0 fully saturated rings. The van der Waals surface area contributed by atoms with Crippen molar-refractivity contribution in [2.24, 2.45) is 0 Å². The highest BCUT2D eigenvalue weighted by atomic mass is 32.1. The molecule has 1 heterocycles. The minimum absolute atomic E-state index is 0.137. The molecule has 0 radical (unpaired) electrons. The summed E-state index contributed by atoms with van der Waals surface area (Å²) in [4.78, 5) is 26.6. The van der Waals surface area contributed by atoms with Crippen LogP contribution in [0.15, 0.2) is 0 Å². The van der Waals surface area contributed by atoms with Crippen LogP contribution in [0, 0.1) is 0 Å². The summed E-state index contributed by atoms with van der Waals surface area (Å²) in [7, 11) is 0. The molecule has 0 spiro atoms. The van der Waals surface area contributed by atoms with E-state index in [9.17, 15) is 9.59 Å². The zero-order valence-corrected chi connectivity index (χ0v) is 11.8. The Morgan fingerprint density at radius 2 is 1.94 bits per heavy atom. The number of rotatable bonds is 6. The van der Waals surface area contributed by atoms with Crippen molar-refractivity contribution in [1.82, 2.24) is 4.98 Å². The topological polar surface area (TPSA) is 79.3 Å². The van der Waals surface area contributed by atoms with Gasteiger partial charge in [0, 0.05) is 12.5 Å². The van der Waals surface area contributed by atoms with Crippen molar-refractivity contribution in [1.29, 1.82) is 0 Å². The summed E-state index contributed by atoms with van der Waals surface area (Å²) in [6.07, 6.45) is 1.78. The molecule has 0 aliphatic carbocycles. The lowest BCUT2D eigenvalue weighted by molar-refractivity contribution is 0.0687. The fraction of sp³-hybridized carbons (Fsp3) is 0.583. The van der Waals surface area contributed by atoms with E-state index >= 15 is 0 Å². The Kier molecular flexibility index (Phi) is 4.45. The maximum atomic E-state index is 11.4. The zero-order valence-electron chi connectivity index (χ0n) is 11.0. The first kappa shape index (κ1) is 14.6. The molecule has 0 aromatic carbocycles. The van der Waals surface area contributed by atoms with Gasteiger partial charge in [-0.3, -0.25) is 4.79 Å². The van der Waals surface area contributed by atoms with Gasteiger partial charge in [-0.05, 0) is 19.8 Å². The monoisotopic (exact) mass is 270 g/mol. The summed E-state index contributed by atoms with van der Waals surface area (Å²) in [5, 5.41) is 12.7. The summed E-state index contributed by atoms with van der Waals surface area (Å²) in [6.45, 7) is 7.49. The summed E-state index contributed by atoms with van der Waals surface area (Å²) in [6, 6.07) is 0. The minimum Gasteiger partial charge on any atom is -0.476 e. The zero-order chi connectivity index (χ0) is 13.9. The molecule has 6 heteroatoms. The number of ketones is 1. The largest absolute Gasteiger partial charge is 0.476 e. The van der Waals surface area contributed by atoms with Crippen molar-refractivity contribution in [3.05, 3.63) is 10.6 Å². The molecule has 0 aliphatic rings. The molecule has 100 valence electrons. The molecule has 2 N–H and O–H groups in total. The maximum Gasteiger partial charge on any atom is 0.356 e. The second-order valence-corrected chi connectivity index (χ2v) is 5.45. The average Bonchev–Trinajstić information content (AvgIpc) is 2.73. The average molecular weight is 270 g/mol. The Morgan fingerprint density at radius 3 is 2.28 bits per heavy atom. The molecule has 5 nitrogen and oxygen atoms in total. The first-order valence-electron chi connectivity index (χ1n) is 5.86. The van der Waals surface area contributed by atoms with E-state index in [1.165, 1.54) is 6.92 Å². The Morgan fingerprint density at radius 1 is 1.39 bits per heavy atom. The van der Waals surface area contributed by atoms with E-state index in [1.54, 1.807) is 0 Å². The highest BCUT2D eigenvalue weighted by Gasteiger charge is 2.25. The van der Waals surface area contributed by atoms with Crippen molar-refractivity contribution in [3.63, 3.8) is 0 Å². The SMILES string of the molecule is CCC(C)(CC)Nc1nc(C(=O)O)c(C(C)=O)s1. The number of carboxylic acids is 1. The molecular weight excluding hydrogens is 252 g/mol. The van der Waals surface area contributed by atoms with E-state index < -0.39 is 5.97 Å². The third-order valence-electron chi connectivity index (χ3n) is 3.12. The first-order valence-corrected chi connectivity index (χ1v) is 6.68. The number of anilines is 1. The molecule has 1 aromatic heterocycles. The van der Waals surface area contributed by atoms with Gasteiger partial charge in [0.2, 0.25) is 0 Å². The molecule has 0 amide bonds. The van der Waals surface area contributed by atoms with Crippen LogP contribution in [0.2, 0.25) is 0 Å². The highest BCUT2D eigenvalue weighted by molar-refractivity contribution is 7.17.